The summed E-state index contributed by atoms with van der Waals surface area (Å²) in [4.78, 5) is 11.4. The first-order valence-corrected chi connectivity index (χ1v) is 4.75. The monoisotopic (exact) mass is 235 g/mol. The summed E-state index contributed by atoms with van der Waals surface area (Å²) in [5.74, 6) is -0.549. The molecule has 0 saturated heterocycles. The number of alkyl halides is 3. The molecule has 0 aliphatic carbocycles. The van der Waals surface area contributed by atoms with Crippen molar-refractivity contribution in [1.29, 1.82) is 0 Å². The van der Waals surface area contributed by atoms with Crippen molar-refractivity contribution < 1.29 is 18.0 Å². The summed E-state index contributed by atoms with van der Waals surface area (Å²) in [6.07, 6.45) is -3.81. The van der Waals surface area contributed by atoms with Crippen LogP contribution in [-0.4, -0.2) is 22.2 Å². The third kappa shape index (κ3) is 2.74. The van der Waals surface area contributed by atoms with Gasteiger partial charge in [0.15, 0.2) is 5.69 Å². The molecule has 0 fully saturated rings. The van der Waals surface area contributed by atoms with Gasteiger partial charge in [0.25, 0.3) is 5.91 Å². The molecule has 1 heterocycles. The third-order valence-electron chi connectivity index (χ3n) is 1.94. The highest BCUT2D eigenvalue weighted by atomic mass is 19.4. The quantitative estimate of drug-likeness (QED) is 0.864. The average Bonchev–Trinajstić information content (AvgIpc) is 2.56. The molecule has 1 amide bonds. The number of aryl methyl sites for hydroxylation is 1. The molecule has 0 atom stereocenters. The lowest BCUT2D eigenvalue weighted by Gasteiger charge is -2.02. The molecular formula is C9H12F3N3O. The van der Waals surface area contributed by atoms with E-state index in [2.05, 4.69) is 10.4 Å². The molecule has 0 radical (unpaired) electrons. The van der Waals surface area contributed by atoms with Crippen LogP contribution in [0.2, 0.25) is 0 Å². The van der Waals surface area contributed by atoms with Crippen LogP contribution in [0.1, 0.15) is 29.5 Å². The zero-order valence-corrected chi connectivity index (χ0v) is 8.93. The van der Waals surface area contributed by atoms with Crippen LogP contribution in [0.3, 0.4) is 0 Å². The Morgan fingerprint density at radius 3 is 2.62 bits per heavy atom. The van der Waals surface area contributed by atoms with Crippen molar-refractivity contribution >= 4 is 5.91 Å². The average molecular weight is 235 g/mol. The van der Waals surface area contributed by atoms with Gasteiger partial charge in [-0.3, -0.25) is 9.48 Å². The third-order valence-corrected chi connectivity index (χ3v) is 1.94. The Bertz CT molecular complexity index is 384. The smallest absolute Gasteiger partial charge is 0.351 e. The molecule has 0 spiro atoms. The van der Waals surface area contributed by atoms with Gasteiger partial charge in [0.1, 0.15) is 5.69 Å². The van der Waals surface area contributed by atoms with Crippen molar-refractivity contribution in [3.05, 3.63) is 17.5 Å². The highest BCUT2D eigenvalue weighted by Crippen LogP contribution is 2.28. The van der Waals surface area contributed by atoms with E-state index in [1.807, 2.05) is 6.92 Å². The van der Waals surface area contributed by atoms with Gasteiger partial charge in [0.05, 0.1) is 0 Å². The highest BCUT2D eigenvalue weighted by molar-refractivity contribution is 5.92. The van der Waals surface area contributed by atoms with Crippen molar-refractivity contribution in [2.45, 2.75) is 19.5 Å². The summed E-state index contributed by atoms with van der Waals surface area (Å²) in [5.41, 5.74) is -1.16. The van der Waals surface area contributed by atoms with E-state index in [4.69, 9.17) is 0 Å². The van der Waals surface area contributed by atoms with E-state index in [-0.39, 0.29) is 5.69 Å². The first-order chi connectivity index (χ1) is 7.36. The van der Waals surface area contributed by atoms with Crippen molar-refractivity contribution in [3.8, 4) is 0 Å². The number of amides is 1. The lowest BCUT2D eigenvalue weighted by molar-refractivity contribution is -0.141. The van der Waals surface area contributed by atoms with E-state index in [0.29, 0.717) is 6.54 Å². The van der Waals surface area contributed by atoms with Gasteiger partial charge >= 0.3 is 6.18 Å². The molecule has 0 aliphatic heterocycles. The van der Waals surface area contributed by atoms with Crippen molar-refractivity contribution in [3.63, 3.8) is 0 Å². The number of hydrogen-bond donors (Lipinski definition) is 1. The van der Waals surface area contributed by atoms with Crippen LogP contribution in [-0.2, 0) is 13.2 Å². The van der Waals surface area contributed by atoms with Crippen LogP contribution >= 0.6 is 0 Å². The lowest BCUT2D eigenvalue weighted by Crippen LogP contribution is -2.26. The highest BCUT2D eigenvalue weighted by Gasteiger charge is 2.35. The number of nitrogens with zero attached hydrogens (tertiary/aromatic N) is 2. The molecule has 1 aromatic rings. The molecule has 1 N–H and O–H groups in total. The summed E-state index contributed by atoms with van der Waals surface area (Å²) in [6.45, 7) is 2.27. The van der Waals surface area contributed by atoms with Crippen molar-refractivity contribution in [2.75, 3.05) is 6.54 Å². The van der Waals surface area contributed by atoms with Crippen LogP contribution in [0.4, 0.5) is 13.2 Å². The van der Waals surface area contributed by atoms with E-state index in [1.54, 1.807) is 0 Å². The number of rotatable bonds is 3. The number of carbonyl (C=O) groups excluding carboxylic acids is 1. The van der Waals surface area contributed by atoms with Gasteiger partial charge in [0.2, 0.25) is 0 Å². The Kier molecular flexibility index (Phi) is 3.56. The van der Waals surface area contributed by atoms with Crippen molar-refractivity contribution in [1.82, 2.24) is 15.1 Å². The molecule has 1 rings (SSSR count). The molecule has 0 unspecified atom stereocenters. The zero-order chi connectivity index (χ0) is 12.3. The van der Waals surface area contributed by atoms with Gasteiger partial charge in [-0.25, -0.2) is 0 Å². The fourth-order valence-electron chi connectivity index (χ4n) is 1.15. The predicted octanol–water partition coefficient (Wildman–Crippen LogP) is 1.58. The van der Waals surface area contributed by atoms with Crippen LogP contribution in [0.5, 0.6) is 0 Å². The number of halogens is 3. The van der Waals surface area contributed by atoms with Gasteiger partial charge < -0.3 is 5.32 Å². The number of nitrogens with one attached hydrogen (secondary N) is 1. The van der Waals surface area contributed by atoms with Gasteiger partial charge in [-0.15, -0.1) is 0 Å². The number of aromatic nitrogens is 2. The van der Waals surface area contributed by atoms with Gasteiger partial charge in [-0.2, -0.15) is 18.3 Å². The zero-order valence-electron chi connectivity index (χ0n) is 8.93. The largest absolute Gasteiger partial charge is 0.435 e. The maximum absolute atomic E-state index is 12.3. The standard InChI is InChI=1S/C9H12F3N3O/c1-3-4-13-8(16)6-5-7(9(10,11)12)14-15(6)2/h5H,3-4H2,1-2H3,(H,13,16). The maximum atomic E-state index is 12.3. The van der Waals surface area contributed by atoms with Gasteiger partial charge in [-0.1, -0.05) is 6.92 Å². The first-order valence-electron chi connectivity index (χ1n) is 4.75. The Labute approximate surface area is 90.4 Å². The second kappa shape index (κ2) is 4.54. The van der Waals surface area contributed by atoms with Crippen LogP contribution < -0.4 is 5.32 Å². The SMILES string of the molecule is CCCNC(=O)c1cc(C(F)(F)F)nn1C. The molecule has 0 saturated carbocycles. The van der Waals surface area contributed by atoms with Crippen LogP contribution in [0.15, 0.2) is 6.07 Å². The minimum atomic E-state index is -4.53. The predicted molar refractivity (Wildman–Crippen MR) is 50.8 cm³/mol. The number of hydrogen-bond acceptors (Lipinski definition) is 2. The maximum Gasteiger partial charge on any atom is 0.435 e. The molecule has 4 nitrogen and oxygen atoms in total. The Hall–Kier alpha value is -1.53. The fraction of sp³-hybridized carbons (Fsp3) is 0.556. The Balaban J connectivity index is 2.90. The first kappa shape index (κ1) is 12.5. The van der Waals surface area contributed by atoms with E-state index in [1.165, 1.54) is 7.05 Å². The fourth-order valence-corrected chi connectivity index (χ4v) is 1.15. The molecule has 0 aromatic carbocycles. The van der Waals surface area contributed by atoms with E-state index < -0.39 is 17.8 Å². The molecule has 1 aromatic heterocycles. The Morgan fingerprint density at radius 2 is 2.19 bits per heavy atom. The number of carbonyl (C=O) groups is 1. The summed E-state index contributed by atoms with van der Waals surface area (Å²) in [6, 6.07) is 0.741. The molecule has 90 valence electrons. The second-order valence-electron chi connectivity index (χ2n) is 3.29. The van der Waals surface area contributed by atoms with E-state index in [9.17, 15) is 18.0 Å². The minimum Gasteiger partial charge on any atom is -0.351 e. The molecule has 7 heteroatoms. The van der Waals surface area contributed by atoms with E-state index >= 15 is 0 Å². The molecule has 16 heavy (non-hydrogen) atoms. The van der Waals surface area contributed by atoms with Crippen LogP contribution in [0.25, 0.3) is 0 Å². The van der Waals surface area contributed by atoms with Gasteiger partial charge in [-0.05, 0) is 6.42 Å². The van der Waals surface area contributed by atoms with Gasteiger partial charge in [0, 0.05) is 19.7 Å². The minimum absolute atomic E-state index is 0.0965. The molecule has 0 bridgehead atoms. The van der Waals surface area contributed by atoms with E-state index in [0.717, 1.165) is 17.2 Å². The summed E-state index contributed by atoms with van der Waals surface area (Å²) in [7, 11) is 1.30. The topological polar surface area (TPSA) is 46.9 Å². The summed E-state index contributed by atoms with van der Waals surface area (Å²) >= 11 is 0. The summed E-state index contributed by atoms with van der Waals surface area (Å²) in [5, 5.41) is 5.73. The second-order valence-corrected chi connectivity index (χ2v) is 3.29. The Morgan fingerprint density at radius 1 is 1.56 bits per heavy atom. The lowest BCUT2D eigenvalue weighted by atomic mass is 10.3. The molecule has 0 aliphatic rings. The van der Waals surface area contributed by atoms with Crippen LogP contribution in [0, 0.1) is 0 Å². The molecular weight excluding hydrogens is 223 g/mol. The van der Waals surface area contributed by atoms with Crippen molar-refractivity contribution in [2.24, 2.45) is 7.05 Å². The normalized spacial score (nSPS) is 11.6. The summed E-state index contributed by atoms with van der Waals surface area (Å²) < 4.78 is 37.8.